The van der Waals surface area contributed by atoms with E-state index in [9.17, 15) is 31.5 Å². The second-order valence-electron chi connectivity index (χ2n) is 5.20. The molecule has 7 nitrogen and oxygen atoms in total. The molecule has 0 aromatic carbocycles. The summed E-state index contributed by atoms with van der Waals surface area (Å²) in [6.07, 6.45) is -7.71. The van der Waals surface area contributed by atoms with Crippen molar-refractivity contribution in [3.8, 4) is 0 Å². The Labute approximate surface area is 125 Å². The van der Waals surface area contributed by atoms with Crippen molar-refractivity contribution in [2.24, 2.45) is 5.92 Å². The summed E-state index contributed by atoms with van der Waals surface area (Å²) in [5, 5.41) is 14.2. The molecule has 128 valence electrons. The van der Waals surface area contributed by atoms with E-state index < -0.39 is 61.1 Å². The minimum atomic E-state index is -4.78. The lowest BCUT2D eigenvalue weighted by molar-refractivity contribution is -0.158. The van der Waals surface area contributed by atoms with Crippen LogP contribution >= 0.6 is 0 Å². The highest BCUT2D eigenvalue weighted by Gasteiger charge is 2.54. The summed E-state index contributed by atoms with van der Waals surface area (Å²) in [5.41, 5.74) is -1.83. The number of amides is 1. The van der Waals surface area contributed by atoms with Gasteiger partial charge in [0.1, 0.15) is 18.4 Å². The fourth-order valence-electron chi connectivity index (χ4n) is 2.30. The lowest BCUT2D eigenvalue weighted by Gasteiger charge is -2.44. The molecule has 23 heavy (non-hydrogen) atoms. The van der Waals surface area contributed by atoms with Crippen LogP contribution in [0.3, 0.4) is 0 Å². The van der Waals surface area contributed by atoms with Gasteiger partial charge < -0.3 is 10.4 Å². The predicted octanol–water partition coefficient (Wildman–Crippen LogP) is 0.912. The van der Waals surface area contributed by atoms with Crippen LogP contribution in [0.4, 0.5) is 22.0 Å². The number of aliphatic carboxylic acids is 1. The number of rotatable bonds is 5. The van der Waals surface area contributed by atoms with Gasteiger partial charge in [0, 0.05) is 5.92 Å². The topological polar surface area (TPSA) is 97.1 Å². The summed E-state index contributed by atoms with van der Waals surface area (Å²) in [7, 11) is 0. The normalized spacial score (nSPS) is 24.3. The number of aromatic nitrogens is 3. The van der Waals surface area contributed by atoms with E-state index in [1.54, 1.807) is 0 Å². The molecule has 1 aromatic rings. The molecule has 1 aliphatic carbocycles. The van der Waals surface area contributed by atoms with Gasteiger partial charge in [0.2, 0.25) is 12.3 Å². The zero-order chi connectivity index (χ0) is 17.4. The SMILES string of the molecule is O=C(Cn1cnc(C(F)(F)F)n1)NC1(C(=O)O)CC(C(F)F)C1. The Kier molecular flexibility index (Phi) is 4.26. The first-order valence-corrected chi connectivity index (χ1v) is 6.33. The quantitative estimate of drug-likeness (QED) is 0.776. The van der Waals surface area contributed by atoms with E-state index in [4.69, 9.17) is 5.11 Å². The first kappa shape index (κ1) is 17.1. The maximum Gasteiger partial charge on any atom is 0.453 e. The number of nitrogens with zero attached hydrogens (tertiary/aromatic N) is 3. The molecular formula is C11H11F5N4O3. The molecule has 1 aliphatic rings. The molecular weight excluding hydrogens is 331 g/mol. The molecule has 0 spiro atoms. The van der Waals surface area contributed by atoms with Crippen molar-refractivity contribution in [1.29, 1.82) is 0 Å². The van der Waals surface area contributed by atoms with Gasteiger partial charge in [-0.15, -0.1) is 5.10 Å². The van der Waals surface area contributed by atoms with Crippen LogP contribution in [0.25, 0.3) is 0 Å². The second-order valence-corrected chi connectivity index (χ2v) is 5.20. The Morgan fingerprint density at radius 3 is 2.48 bits per heavy atom. The van der Waals surface area contributed by atoms with E-state index in [1.807, 2.05) is 0 Å². The van der Waals surface area contributed by atoms with Gasteiger partial charge in [-0.25, -0.2) is 23.2 Å². The molecule has 0 aliphatic heterocycles. The Morgan fingerprint density at radius 1 is 1.43 bits per heavy atom. The van der Waals surface area contributed by atoms with Crippen LogP contribution in [0.5, 0.6) is 0 Å². The highest BCUT2D eigenvalue weighted by atomic mass is 19.4. The molecule has 0 bridgehead atoms. The van der Waals surface area contributed by atoms with E-state index in [1.165, 1.54) is 0 Å². The fourth-order valence-corrected chi connectivity index (χ4v) is 2.30. The van der Waals surface area contributed by atoms with Crippen molar-refractivity contribution >= 4 is 11.9 Å². The maximum atomic E-state index is 12.5. The van der Waals surface area contributed by atoms with E-state index in [0.29, 0.717) is 11.0 Å². The second kappa shape index (κ2) is 5.74. The number of nitrogens with one attached hydrogen (secondary N) is 1. The maximum absolute atomic E-state index is 12.5. The number of alkyl halides is 5. The van der Waals surface area contributed by atoms with Crippen LogP contribution < -0.4 is 5.32 Å². The standard InChI is InChI=1S/C11H11F5N4O3/c12-7(13)5-1-10(2-5,9(22)23)18-6(21)3-20-4-17-8(19-20)11(14,15)16/h4-5,7H,1-3H2,(H,18,21)(H,22,23). The third-order valence-electron chi connectivity index (χ3n) is 3.46. The predicted molar refractivity (Wildman–Crippen MR) is 62.3 cm³/mol. The molecule has 1 fully saturated rings. The molecule has 1 saturated carbocycles. The zero-order valence-corrected chi connectivity index (χ0v) is 11.3. The Bertz CT molecular complexity index is 609. The Balaban J connectivity index is 1.98. The number of halogens is 5. The number of hydrogen-bond donors (Lipinski definition) is 2. The van der Waals surface area contributed by atoms with Crippen LogP contribution in [0, 0.1) is 5.92 Å². The molecule has 1 aromatic heterocycles. The van der Waals surface area contributed by atoms with E-state index in [2.05, 4.69) is 15.4 Å². The Hall–Kier alpha value is -2.27. The van der Waals surface area contributed by atoms with Crippen LogP contribution in [0.15, 0.2) is 6.33 Å². The molecule has 0 atom stereocenters. The van der Waals surface area contributed by atoms with Crippen molar-refractivity contribution in [1.82, 2.24) is 20.1 Å². The van der Waals surface area contributed by atoms with Gasteiger partial charge in [-0.3, -0.25) is 4.79 Å². The monoisotopic (exact) mass is 342 g/mol. The summed E-state index contributed by atoms with van der Waals surface area (Å²) in [6.45, 7) is -0.711. The van der Waals surface area contributed by atoms with Gasteiger partial charge >= 0.3 is 12.1 Å². The smallest absolute Gasteiger partial charge is 0.453 e. The van der Waals surface area contributed by atoms with Crippen LogP contribution in [0.1, 0.15) is 18.7 Å². The van der Waals surface area contributed by atoms with Crippen molar-refractivity contribution < 1.29 is 36.6 Å². The fraction of sp³-hybridized carbons (Fsp3) is 0.636. The molecule has 12 heteroatoms. The van der Waals surface area contributed by atoms with Crippen molar-refractivity contribution in [3.63, 3.8) is 0 Å². The largest absolute Gasteiger partial charge is 0.480 e. The summed E-state index contributed by atoms with van der Waals surface area (Å²) in [5.74, 6) is -5.02. The average Bonchev–Trinajstić information content (AvgIpc) is 2.80. The van der Waals surface area contributed by atoms with Crippen LogP contribution in [-0.4, -0.2) is 43.7 Å². The highest BCUT2D eigenvalue weighted by Crippen LogP contribution is 2.41. The number of carboxylic acids is 1. The highest BCUT2D eigenvalue weighted by molar-refractivity contribution is 5.87. The third-order valence-corrected chi connectivity index (χ3v) is 3.46. The molecule has 0 unspecified atom stereocenters. The van der Waals surface area contributed by atoms with Gasteiger partial charge in [-0.1, -0.05) is 0 Å². The van der Waals surface area contributed by atoms with Crippen LogP contribution in [0.2, 0.25) is 0 Å². The first-order valence-electron chi connectivity index (χ1n) is 6.33. The molecule has 1 heterocycles. The average molecular weight is 342 g/mol. The minimum Gasteiger partial charge on any atom is -0.480 e. The number of carbonyl (C=O) groups is 2. The zero-order valence-electron chi connectivity index (χ0n) is 11.3. The Morgan fingerprint density at radius 2 is 2.04 bits per heavy atom. The lowest BCUT2D eigenvalue weighted by Crippen LogP contribution is -2.64. The van der Waals surface area contributed by atoms with Crippen molar-refractivity contribution in [2.75, 3.05) is 0 Å². The van der Waals surface area contributed by atoms with Gasteiger partial charge in [-0.05, 0) is 12.8 Å². The van der Waals surface area contributed by atoms with E-state index >= 15 is 0 Å². The van der Waals surface area contributed by atoms with Crippen molar-refractivity contribution in [3.05, 3.63) is 12.2 Å². The number of carboxylic acid groups (broad SMARTS) is 1. The first-order chi connectivity index (χ1) is 10.5. The molecule has 0 saturated heterocycles. The molecule has 2 N–H and O–H groups in total. The van der Waals surface area contributed by atoms with Crippen LogP contribution in [-0.2, 0) is 22.3 Å². The summed E-state index contributed by atoms with van der Waals surface area (Å²) in [6, 6.07) is 0. The summed E-state index contributed by atoms with van der Waals surface area (Å²) < 4.78 is 62.4. The molecule has 0 radical (unpaired) electrons. The molecule has 1 amide bonds. The van der Waals surface area contributed by atoms with Gasteiger partial charge in [0.05, 0.1) is 0 Å². The number of hydrogen-bond acceptors (Lipinski definition) is 4. The van der Waals surface area contributed by atoms with E-state index in [0.717, 1.165) is 0 Å². The van der Waals surface area contributed by atoms with Crippen molar-refractivity contribution in [2.45, 2.75) is 37.5 Å². The minimum absolute atomic E-state index is 0.448. The van der Waals surface area contributed by atoms with Gasteiger partial charge in [-0.2, -0.15) is 13.2 Å². The van der Waals surface area contributed by atoms with Gasteiger partial charge in [0.15, 0.2) is 0 Å². The summed E-state index contributed by atoms with van der Waals surface area (Å²) in [4.78, 5) is 25.9. The lowest BCUT2D eigenvalue weighted by atomic mass is 9.68. The van der Waals surface area contributed by atoms with Gasteiger partial charge in [0.25, 0.3) is 5.82 Å². The summed E-state index contributed by atoms with van der Waals surface area (Å²) >= 11 is 0. The number of carbonyl (C=O) groups excluding carboxylic acids is 1. The third kappa shape index (κ3) is 3.56. The van der Waals surface area contributed by atoms with E-state index in [-0.39, 0.29) is 0 Å². The molecule has 2 rings (SSSR count).